The van der Waals surface area contributed by atoms with Crippen molar-refractivity contribution in [3.8, 4) is 23.8 Å². The van der Waals surface area contributed by atoms with Gasteiger partial charge >= 0.3 is 0 Å². The molecule has 0 saturated heterocycles. The minimum atomic E-state index is 0. The summed E-state index contributed by atoms with van der Waals surface area (Å²) in [5.74, 6) is 7.70. The molecule has 0 fully saturated rings. The van der Waals surface area contributed by atoms with E-state index in [0.717, 1.165) is 0 Å². The van der Waals surface area contributed by atoms with E-state index in [9.17, 15) is 0 Å². The Morgan fingerprint density at radius 1 is 1.22 bits per heavy atom. The number of aliphatic imine (C=N–C) groups is 1. The molecule has 0 amide bonds. The van der Waals surface area contributed by atoms with E-state index in [1.165, 1.54) is 0 Å². The van der Waals surface area contributed by atoms with Crippen LogP contribution in [-0.4, -0.2) is 6.21 Å². The van der Waals surface area contributed by atoms with E-state index in [4.69, 9.17) is 0 Å². The summed E-state index contributed by atoms with van der Waals surface area (Å²) in [5.41, 5.74) is 0. The van der Waals surface area contributed by atoms with E-state index in [1.807, 2.05) is 0 Å². The Bertz CT molecular complexity index is 162. The Balaban J connectivity index is 0. The van der Waals surface area contributed by atoms with Crippen molar-refractivity contribution in [2.24, 2.45) is 4.99 Å². The fourth-order valence-electron chi connectivity index (χ4n) is 0.168. The van der Waals surface area contributed by atoms with Gasteiger partial charge in [0.05, 0.1) is 0 Å². The van der Waals surface area contributed by atoms with Gasteiger partial charge < -0.3 is 4.99 Å². The second-order valence-corrected chi connectivity index (χ2v) is 0.960. The number of hydrogen-bond donors (Lipinski definition) is 0. The van der Waals surface area contributed by atoms with Crippen molar-refractivity contribution in [3.63, 3.8) is 0 Å². The van der Waals surface area contributed by atoms with Crippen molar-refractivity contribution in [2.75, 3.05) is 0 Å². The molecule has 0 aromatic carbocycles. The van der Waals surface area contributed by atoms with E-state index in [2.05, 4.69) is 35.0 Å². The van der Waals surface area contributed by atoms with Crippen LogP contribution >= 0.6 is 0 Å². The van der Waals surface area contributed by atoms with Crippen molar-refractivity contribution in [1.82, 2.24) is 0 Å². The van der Waals surface area contributed by atoms with Gasteiger partial charge in [-0.2, -0.15) is 5.92 Å². The molecule has 0 heterocycles. The molecule has 0 bridgehead atoms. The predicted octanol–water partition coefficient (Wildman–Crippen LogP) is 0.936. The average Bonchev–Trinajstić information content (AvgIpc) is 1.81. The van der Waals surface area contributed by atoms with Gasteiger partial charge in [-0.05, 0) is 13.1 Å². The molecule has 0 aliphatic heterocycles. The molecule has 2 heteroatoms. The maximum atomic E-state index is 3.49. The van der Waals surface area contributed by atoms with Crippen LogP contribution in [0.2, 0.25) is 0 Å². The summed E-state index contributed by atoms with van der Waals surface area (Å²) in [6.45, 7) is 3.44. The van der Waals surface area contributed by atoms with Crippen molar-refractivity contribution in [2.45, 2.75) is 13.8 Å². The Kier molecular flexibility index (Phi) is 14.0. The van der Waals surface area contributed by atoms with Crippen LogP contribution in [-0.2, 0) is 32.7 Å². The zero-order valence-electron chi connectivity index (χ0n) is 5.52. The van der Waals surface area contributed by atoms with E-state index in [0.29, 0.717) is 0 Å². The molecular formula is C7H6NY-. The van der Waals surface area contributed by atoms with Crippen LogP contribution in [0.4, 0.5) is 0 Å². The summed E-state index contributed by atoms with van der Waals surface area (Å²) >= 11 is 0. The Morgan fingerprint density at radius 2 is 1.89 bits per heavy atom. The Labute approximate surface area is 81.2 Å². The molecule has 0 spiro atoms. The first-order valence-electron chi connectivity index (χ1n) is 2.20. The summed E-state index contributed by atoms with van der Waals surface area (Å²) in [5, 5.41) is 0. The van der Waals surface area contributed by atoms with Crippen LogP contribution in [0.3, 0.4) is 0 Å². The van der Waals surface area contributed by atoms with Crippen molar-refractivity contribution >= 4 is 6.21 Å². The first-order valence-corrected chi connectivity index (χ1v) is 2.20. The van der Waals surface area contributed by atoms with E-state index < -0.39 is 0 Å². The van der Waals surface area contributed by atoms with Gasteiger partial charge in [-0.1, -0.05) is 6.92 Å². The predicted molar refractivity (Wildman–Crippen MR) is 34.3 cm³/mol. The number of nitrogens with zero attached hydrogens (tertiary/aromatic N) is 1. The molecule has 0 unspecified atom stereocenters. The minimum absolute atomic E-state index is 0. The summed E-state index contributed by atoms with van der Waals surface area (Å²) in [4.78, 5) is 3.49. The van der Waals surface area contributed by atoms with E-state index in [-0.39, 0.29) is 32.7 Å². The molecule has 0 N–H and O–H groups in total. The monoisotopic (exact) mass is 193 g/mol. The van der Waals surface area contributed by atoms with Gasteiger partial charge in [0.1, 0.15) is 0 Å². The molecule has 9 heavy (non-hydrogen) atoms. The zero-order chi connectivity index (χ0) is 6.24. The maximum absolute atomic E-state index is 3.49. The third-order valence-corrected chi connectivity index (χ3v) is 0.405. The summed E-state index contributed by atoms with van der Waals surface area (Å²) in [7, 11) is 0. The smallest absolute Gasteiger partial charge is 0 e. The van der Waals surface area contributed by atoms with Crippen LogP contribution in [0, 0.1) is 23.8 Å². The van der Waals surface area contributed by atoms with Crippen LogP contribution in [0.5, 0.6) is 0 Å². The van der Waals surface area contributed by atoms with Gasteiger partial charge in [0.2, 0.25) is 0 Å². The largest absolute Gasteiger partial charge is 0.338 e. The van der Waals surface area contributed by atoms with Gasteiger partial charge in [-0.15, -0.1) is 6.04 Å². The molecular weight excluding hydrogens is 187 g/mol. The normalized spacial score (nSPS) is 6.00. The molecule has 0 aromatic heterocycles. The van der Waals surface area contributed by atoms with E-state index in [1.54, 1.807) is 13.8 Å². The van der Waals surface area contributed by atoms with Crippen LogP contribution in [0.15, 0.2) is 4.99 Å². The SMILES string of the molecule is CC#C[C-]=NC#CC.[Y]. The van der Waals surface area contributed by atoms with Crippen molar-refractivity contribution < 1.29 is 32.7 Å². The van der Waals surface area contributed by atoms with Crippen LogP contribution in [0.1, 0.15) is 13.8 Å². The Morgan fingerprint density at radius 3 is 2.33 bits per heavy atom. The number of hydrogen-bond acceptors (Lipinski definition) is 1. The summed E-state index contributed by atoms with van der Waals surface area (Å²) < 4.78 is 0. The zero-order valence-corrected chi connectivity index (χ0v) is 8.36. The third-order valence-electron chi connectivity index (χ3n) is 0.405. The summed E-state index contributed by atoms with van der Waals surface area (Å²) in [6.07, 6.45) is 2.43. The first kappa shape index (κ1) is 11.7. The molecule has 0 aliphatic carbocycles. The quantitative estimate of drug-likeness (QED) is 0.308. The molecule has 0 aliphatic rings. The number of rotatable bonds is 0. The molecule has 0 rings (SSSR count). The molecule has 0 saturated carbocycles. The van der Waals surface area contributed by atoms with Gasteiger partial charge in [0.15, 0.2) is 0 Å². The third kappa shape index (κ3) is 11.4. The molecule has 1 radical (unpaired) electrons. The first-order chi connectivity index (χ1) is 3.91. The van der Waals surface area contributed by atoms with Crippen LogP contribution in [0.25, 0.3) is 0 Å². The fourth-order valence-corrected chi connectivity index (χ4v) is 0.168. The molecule has 0 atom stereocenters. The second kappa shape index (κ2) is 10.8. The fraction of sp³-hybridized carbons (Fsp3) is 0.286. The topological polar surface area (TPSA) is 12.4 Å². The van der Waals surface area contributed by atoms with Crippen molar-refractivity contribution in [3.05, 3.63) is 0 Å². The Hall–Kier alpha value is -0.106. The van der Waals surface area contributed by atoms with Gasteiger partial charge in [-0.25, -0.2) is 5.92 Å². The standard InChI is InChI=1S/C7H6N.Y/c1-3-5-7-8-6-4-2;/h1-2H3;/q-1;. The molecule has 1 nitrogen and oxygen atoms in total. The molecule has 0 aromatic rings. The van der Waals surface area contributed by atoms with Gasteiger partial charge in [0, 0.05) is 32.7 Å². The molecule has 43 valence electrons. The van der Waals surface area contributed by atoms with Crippen molar-refractivity contribution in [1.29, 1.82) is 0 Å². The summed E-state index contributed by atoms with van der Waals surface area (Å²) in [6, 6.07) is 2.44. The minimum Gasteiger partial charge on any atom is -0.338 e. The van der Waals surface area contributed by atoms with Crippen LogP contribution < -0.4 is 0 Å². The van der Waals surface area contributed by atoms with Gasteiger partial charge in [-0.3, -0.25) is 5.92 Å². The van der Waals surface area contributed by atoms with E-state index >= 15 is 0 Å². The average molecular weight is 193 g/mol. The second-order valence-electron chi connectivity index (χ2n) is 0.960. The van der Waals surface area contributed by atoms with Gasteiger partial charge in [0.25, 0.3) is 0 Å². The maximum Gasteiger partial charge on any atom is 0 e.